The van der Waals surface area contributed by atoms with Crippen molar-refractivity contribution in [3.63, 3.8) is 0 Å². The van der Waals surface area contributed by atoms with E-state index in [1.807, 2.05) is 44.2 Å². The van der Waals surface area contributed by atoms with E-state index in [0.717, 1.165) is 28.1 Å². The molecule has 0 amide bonds. The number of aryl methyl sites for hydroxylation is 2. The van der Waals surface area contributed by atoms with E-state index in [1.165, 1.54) is 0 Å². The van der Waals surface area contributed by atoms with Gasteiger partial charge in [-0.15, -0.1) is 0 Å². The van der Waals surface area contributed by atoms with Crippen LogP contribution in [0.1, 0.15) is 29.3 Å². The van der Waals surface area contributed by atoms with Gasteiger partial charge in [-0.1, -0.05) is 18.2 Å². The summed E-state index contributed by atoms with van der Waals surface area (Å²) in [5.74, 6) is -0.000514. The van der Waals surface area contributed by atoms with E-state index >= 15 is 0 Å². The van der Waals surface area contributed by atoms with Crippen molar-refractivity contribution in [2.24, 2.45) is 0 Å². The van der Waals surface area contributed by atoms with Gasteiger partial charge in [0.05, 0.1) is 5.69 Å². The molecule has 0 bridgehead atoms. The average molecular weight is 314 g/mol. The molecular formula is C18H22N2O3. The fraction of sp³-hybridized carbons (Fsp3) is 0.333. The summed E-state index contributed by atoms with van der Waals surface area (Å²) < 4.78 is 5.90. The molecule has 0 radical (unpaired) electrons. The van der Waals surface area contributed by atoms with Crippen molar-refractivity contribution < 1.29 is 14.6 Å². The first-order valence-corrected chi connectivity index (χ1v) is 7.56. The fourth-order valence-corrected chi connectivity index (χ4v) is 2.36. The number of hydrogen-bond donors (Lipinski definition) is 2. The molecule has 1 aromatic heterocycles. The molecule has 2 rings (SSSR count). The molecule has 23 heavy (non-hydrogen) atoms. The van der Waals surface area contributed by atoms with Crippen LogP contribution >= 0.6 is 0 Å². The Morgan fingerprint density at radius 1 is 1.30 bits per heavy atom. The monoisotopic (exact) mass is 314 g/mol. The summed E-state index contributed by atoms with van der Waals surface area (Å²) in [6.45, 7) is 6.55. The highest BCUT2D eigenvalue weighted by molar-refractivity contribution is 5.72. The molecular weight excluding hydrogens is 292 g/mol. The number of benzene rings is 1. The van der Waals surface area contributed by atoms with Crippen LogP contribution < -0.4 is 10.1 Å². The van der Waals surface area contributed by atoms with Gasteiger partial charge in [-0.05, 0) is 49.6 Å². The maximum Gasteiger partial charge on any atom is 0.320 e. The minimum Gasteiger partial charge on any atom is -0.487 e. The second kappa shape index (κ2) is 7.74. The van der Waals surface area contributed by atoms with Crippen LogP contribution in [0, 0.1) is 13.8 Å². The van der Waals surface area contributed by atoms with E-state index in [-0.39, 0.29) is 0 Å². The van der Waals surface area contributed by atoms with Crippen LogP contribution in [0.25, 0.3) is 0 Å². The molecule has 1 unspecified atom stereocenters. The summed E-state index contributed by atoms with van der Waals surface area (Å²) in [6, 6.07) is 9.20. The van der Waals surface area contributed by atoms with Crippen molar-refractivity contribution in [1.82, 2.24) is 10.3 Å². The quantitative estimate of drug-likeness (QED) is 0.822. The molecule has 2 aromatic rings. The Hall–Kier alpha value is -2.40. The van der Waals surface area contributed by atoms with E-state index in [4.69, 9.17) is 9.84 Å². The van der Waals surface area contributed by atoms with Crippen LogP contribution in [0.2, 0.25) is 0 Å². The number of pyridine rings is 1. The molecule has 0 spiro atoms. The second-order valence-corrected chi connectivity index (χ2v) is 5.61. The lowest BCUT2D eigenvalue weighted by Gasteiger charge is -2.15. The molecule has 2 N–H and O–H groups in total. The molecule has 0 aliphatic heterocycles. The van der Waals surface area contributed by atoms with Crippen LogP contribution in [-0.4, -0.2) is 22.1 Å². The number of nitrogens with one attached hydrogen (secondary N) is 1. The minimum atomic E-state index is -0.853. The molecule has 0 aliphatic rings. The third-order valence-electron chi connectivity index (χ3n) is 3.59. The summed E-state index contributed by atoms with van der Waals surface area (Å²) in [6.07, 6.45) is 1.75. The van der Waals surface area contributed by atoms with E-state index in [9.17, 15) is 4.79 Å². The van der Waals surface area contributed by atoms with Gasteiger partial charge in [-0.3, -0.25) is 9.78 Å². The second-order valence-electron chi connectivity index (χ2n) is 5.61. The first-order chi connectivity index (χ1) is 11.0. The summed E-state index contributed by atoms with van der Waals surface area (Å²) in [5, 5.41) is 11.9. The standard InChI is InChI=1S/C18H22N2O3/c1-12-8-15(10-20-14(3)18(21)22)9-13(2)17(12)23-11-16-6-4-5-7-19-16/h4-9,14,20H,10-11H2,1-3H3,(H,21,22). The van der Waals surface area contributed by atoms with E-state index in [1.54, 1.807) is 13.1 Å². The Bertz CT molecular complexity index is 648. The number of carboxylic acid groups (broad SMARTS) is 1. The van der Waals surface area contributed by atoms with Crippen LogP contribution in [0.4, 0.5) is 0 Å². The van der Waals surface area contributed by atoms with Gasteiger partial charge in [0.15, 0.2) is 0 Å². The minimum absolute atomic E-state index is 0.427. The normalized spacial score (nSPS) is 12.0. The molecule has 0 fully saturated rings. The highest BCUT2D eigenvalue weighted by atomic mass is 16.5. The highest BCUT2D eigenvalue weighted by Gasteiger charge is 2.11. The van der Waals surface area contributed by atoms with E-state index < -0.39 is 12.0 Å². The zero-order valence-electron chi connectivity index (χ0n) is 13.7. The van der Waals surface area contributed by atoms with Gasteiger partial charge in [-0.2, -0.15) is 0 Å². The number of aliphatic carboxylic acids is 1. The summed E-state index contributed by atoms with van der Waals surface area (Å²) in [7, 11) is 0. The summed E-state index contributed by atoms with van der Waals surface area (Å²) >= 11 is 0. The van der Waals surface area contributed by atoms with Crippen LogP contribution in [-0.2, 0) is 17.9 Å². The highest BCUT2D eigenvalue weighted by Crippen LogP contribution is 2.25. The van der Waals surface area contributed by atoms with E-state index in [2.05, 4.69) is 10.3 Å². The predicted molar refractivity (Wildman–Crippen MR) is 88.4 cm³/mol. The number of nitrogens with zero attached hydrogens (tertiary/aromatic N) is 1. The Kier molecular flexibility index (Phi) is 5.71. The van der Waals surface area contributed by atoms with Gasteiger partial charge in [0, 0.05) is 12.7 Å². The Morgan fingerprint density at radius 2 is 2.00 bits per heavy atom. The van der Waals surface area contributed by atoms with Crippen molar-refractivity contribution in [3.05, 3.63) is 58.9 Å². The molecule has 0 saturated heterocycles. The number of carbonyl (C=O) groups is 1. The van der Waals surface area contributed by atoms with Gasteiger partial charge >= 0.3 is 5.97 Å². The van der Waals surface area contributed by atoms with Crippen molar-refractivity contribution in [1.29, 1.82) is 0 Å². The third-order valence-corrected chi connectivity index (χ3v) is 3.59. The van der Waals surface area contributed by atoms with Gasteiger partial charge in [0.2, 0.25) is 0 Å². The third kappa shape index (κ3) is 4.79. The molecule has 122 valence electrons. The molecule has 0 aliphatic carbocycles. The van der Waals surface area contributed by atoms with Crippen LogP contribution in [0.15, 0.2) is 36.5 Å². The average Bonchev–Trinajstić information content (AvgIpc) is 2.52. The van der Waals surface area contributed by atoms with Crippen molar-refractivity contribution >= 4 is 5.97 Å². The zero-order chi connectivity index (χ0) is 16.8. The zero-order valence-corrected chi connectivity index (χ0v) is 13.7. The number of carboxylic acids is 1. The van der Waals surface area contributed by atoms with Gasteiger partial charge in [0.25, 0.3) is 0 Å². The number of ether oxygens (including phenoxy) is 1. The van der Waals surface area contributed by atoms with Gasteiger partial charge < -0.3 is 15.2 Å². The van der Waals surface area contributed by atoms with Crippen LogP contribution in [0.3, 0.4) is 0 Å². The lowest BCUT2D eigenvalue weighted by atomic mass is 10.1. The summed E-state index contributed by atoms with van der Waals surface area (Å²) in [5.41, 5.74) is 3.98. The molecule has 1 aromatic carbocycles. The fourth-order valence-electron chi connectivity index (χ4n) is 2.36. The number of hydrogen-bond acceptors (Lipinski definition) is 4. The summed E-state index contributed by atoms with van der Waals surface area (Å²) in [4.78, 5) is 15.1. The van der Waals surface area contributed by atoms with Gasteiger partial charge in [0.1, 0.15) is 18.4 Å². The van der Waals surface area contributed by atoms with Crippen molar-refractivity contribution in [2.75, 3.05) is 0 Å². The smallest absolute Gasteiger partial charge is 0.320 e. The SMILES string of the molecule is Cc1cc(CNC(C)C(=O)O)cc(C)c1OCc1ccccn1. The molecule has 1 heterocycles. The van der Waals surface area contributed by atoms with Crippen molar-refractivity contribution in [2.45, 2.75) is 40.0 Å². The van der Waals surface area contributed by atoms with Gasteiger partial charge in [-0.25, -0.2) is 0 Å². The molecule has 1 atom stereocenters. The Balaban J connectivity index is 2.03. The first-order valence-electron chi connectivity index (χ1n) is 7.56. The topological polar surface area (TPSA) is 71.5 Å². The lowest BCUT2D eigenvalue weighted by molar-refractivity contribution is -0.139. The maximum atomic E-state index is 10.8. The first kappa shape index (κ1) is 17.0. The van der Waals surface area contributed by atoms with Crippen LogP contribution in [0.5, 0.6) is 5.75 Å². The van der Waals surface area contributed by atoms with Crippen molar-refractivity contribution in [3.8, 4) is 5.75 Å². The Morgan fingerprint density at radius 3 is 2.57 bits per heavy atom. The largest absolute Gasteiger partial charge is 0.487 e. The Labute approximate surface area is 136 Å². The lowest BCUT2D eigenvalue weighted by Crippen LogP contribution is -2.33. The maximum absolute atomic E-state index is 10.8. The van der Waals surface area contributed by atoms with E-state index in [0.29, 0.717) is 13.2 Å². The predicted octanol–water partition coefficient (Wildman–Crippen LogP) is 2.84. The number of aromatic nitrogens is 1. The molecule has 0 saturated carbocycles. The molecule has 5 nitrogen and oxygen atoms in total. The molecule has 5 heteroatoms. The number of rotatable bonds is 7.